The number of hydrogen-bond acceptors (Lipinski definition) is 5. The van der Waals surface area contributed by atoms with Gasteiger partial charge in [0, 0.05) is 0 Å². The van der Waals surface area contributed by atoms with Crippen molar-refractivity contribution in [1.29, 1.82) is 0 Å². The van der Waals surface area contributed by atoms with E-state index in [4.69, 9.17) is 4.74 Å². The van der Waals surface area contributed by atoms with Gasteiger partial charge >= 0.3 is 0 Å². The van der Waals surface area contributed by atoms with Crippen molar-refractivity contribution in [3.8, 4) is 11.6 Å². The Morgan fingerprint density at radius 1 is 1.09 bits per heavy atom. The molecular weight excluding hydrogens is 282 g/mol. The number of nitrogens with one attached hydrogen (secondary N) is 1. The number of hydrogen-bond donors (Lipinski definition) is 1. The van der Waals surface area contributed by atoms with E-state index in [1.165, 1.54) is 12.7 Å². The molecule has 0 saturated heterocycles. The molecule has 7 heteroatoms. The highest BCUT2D eigenvalue weighted by Gasteiger charge is 2.11. The zero-order valence-electron chi connectivity index (χ0n) is 11.8. The van der Waals surface area contributed by atoms with Gasteiger partial charge in [0.05, 0.1) is 12.8 Å². The maximum atomic E-state index is 12.3. The number of amides is 1. The van der Waals surface area contributed by atoms with Gasteiger partial charge in [-0.05, 0) is 24.3 Å². The lowest BCUT2D eigenvalue weighted by Gasteiger charge is -2.10. The Balaban J connectivity index is 1.85. The molecule has 0 fully saturated rings. The third-order valence-electron chi connectivity index (χ3n) is 3.01. The van der Waals surface area contributed by atoms with Crippen LogP contribution >= 0.6 is 0 Å². The summed E-state index contributed by atoms with van der Waals surface area (Å²) < 4.78 is 6.83. The minimum absolute atomic E-state index is 0.289. The Bertz CT molecular complexity index is 786. The number of ether oxygens (including phenoxy) is 1. The van der Waals surface area contributed by atoms with Crippen molar-refractivity contribution in [3.05, 3.63) is 60.8 Å². The van der Waals surface area contributed by atoms with Gasteiger partial charge in [-0.3, -0.25) is 9.36 Å². The van der Waals surface area contributed by atoms with Gasteiger partial charge in [0.25, 0.3) is 5.91 Å². The van der Waals surface area contributed by atoms with E-state index in [1.807, 2.05) is 12.1 Å². The molecule has 110 valence electrons. The van der Waals surface area contributed by atoms with E-state index in [0.717, 1.165) is 0 Å². The van der Waals surface area contributed by atoms with Gasteiger partial charge in [0.2, 0.25) is 0 Å². The number of anilines is 1. The standard InChI is InChI=1S/C15H13N5O2/c1-22-13-7-3-2-5-11(13)19-15(21)12-6-4-8-14(18-12)20-9-16-17-10-20/h2-10H,1H3,(H,19,21). The van der Waals surface area contributed by atoms with Crippen molar-refractivity contribution in [2.24, 2.45) is 0 Å². The van der Waals surface area contributed by atoms with E-state index in [-0.39, 0.29) is 11.6 Å². The van der Waals surface area contributed by atoms with Gasteiger partial charge in [-0.1, -0.05) is 18.2 Å². The lowest BCUT2D eigenvalue weighted by atomic mass is 10.2. The summed E-state index contributed by atoms with van der Waals surface area (Å²) in [5, 5.41) is 10.2. The Morgan fingerprint density at radius 3 is 2.64 bits per heavy atom. The van der Waals surface area contributed by atoms with E-state index in [1.54, 1.807) is 42.0 Å². The van der Waals surface area contributed by atoms with Gasteiger partial charge in [0.1, 0.15) is 29.9 Å². The topological polar surface area (TPSA) is 81.9 Å². The summed E-state index contributed by atoms with van der Waals surface area (Å²) in [4.78, 5) is 16.6. The number of pyridine rings is 1. The van der Waals surface area contributed by atoms with Crippen LogP contribution in [0.15, 0.2) is 55.1 Å². The summed E-state index contributed by atoms with van der Waals surface area (Å²) in [6.07, 6.45) is 3.04. The average Bonchev–Trinajstić information content (AvgIpc) is 3.10. The summed E-state index contributed by atoms with van der Waals surface area (Å²) in [5.41, 5.74) is 0.878. The first-order valence-electron chi connectivity index (χ1n) is 6.54. The SMILES string of the molecule is COc1ccccc1NC(=O)c1cccc(-n2cnnc2)n1. The number of carbonyl (C=O) groups excluding carboxylic acids is 1. The number of methoxy groups -OCH3 is 1. The molecule has 22 heavy (non-hydrogen) atoms. The summed E-state index contributed by atoms with van der Waals surface area (Å²) in [6, 6.07) is 12.3. The van der Waals surface area contributed by atoms with E-state index >= 15 is 0 Å². The second kappa shape index (κ2) is 6.04. The van der Waals surface area contributed by atoms with E-state index < -0.39 is 0 Å². The highest BCUT2D eigenvalue weighted by molar-refractivity contribution is 6.03. The quantitative estimate of drug-likeness (QED) is 0.795. The van der Waals surface area contributed by atoms with Crippen LogP contribution in [0, 0.1) is 0 Å². The van der Waals surface area contributed by atoms with E-state index in [9.17, 15) is 4.79 Å². The Morgan fingerprint density at radius 2 is 1.86 bits per heavy atom. The number of rotatable bonds is 4. The van der Waals surface area contributed by atoms with Crippen LogP contribution in [-0.2, 0) is 0 Å². The van der Waals surface area contributed by atoms with Crippen LogP contribution in [0.25, 0.3) is 5.82 Å². The number of para-hydroxylation sites is 2. The Labute approximate surface area is 126 Å². The van der Waals surface area contributed by atoms with Gasteiger partial charge in [-0.15, -0.1) is 10.2 Å². The third kappa shape index (κ3) is 2.78. The Hall–Kier alpha value is -3.22. The normalized spacial score (nSPS) is 10.2. The summed E-state index contributed by atoms with van der Waals surface area (Å²) in [6.45, 7) is 0. The van der Waals surface area contributed by atoms with Gasteiger partial charge in [-0.2, -0.15) is 0 Å². The molecular formula is C15H13N5O2. The van der Waals surface area contributed by atoms with Crippen molar-refractivity contribution >= 4 is 11.6 Å². The zero-order valence-corrected chi connectivity index (χ0v) is 11.8. The van der Waals surface area contributed by atoms with Crippen molar-refractivity contribution < 1.29 is 9.53 Å². The highest BCUT2D eigenvalue weighted by atomic mass is 16.5. The molecule has 1 aromatic carbocycles. The summed E-state index contributed by atoms with van der Waals surface area (Å²) in [5.74, 6) is 0.836. The molecule has 0 aliphatic rings. The lowest BCUT2D eigenvalue weighted by Crippen LogP contribution is -2.15. The smallest absolute Gasteiger partial charge is 0.274 e. The average molecular weight is 295 g/mol. The van der Waals surface area contributed by atoms with Crippen LogP contribution in [0.1, 0.15) is 10.5 Å². The molecule has 3 rings (SSSR count). The fourth-order valence-electron chi connectivity index (χ4n) is 1.95. The molecule has 1 amide bonds. The van der Waals surface area contributed by atoms with Crippen molar-refractivity contribution in [2.75, 3.05) is 12.4 Å². The molecule has 0 radical (unpaired) electrons. The summed E-state index contributed by atoms with van der Waals surface area (Å²) in [7, 11) is 1.55. The fraction of sp³-hybridized carbons (Fsp3) is 0.0667. The maximum absolute atomic E-state index is 12.3. The van der Waals surface area contributed by atoms with Crippen LogP contribution in [0.5, 0.6) is 5.75 Å². The summed E-state index contributed by atoms with van der Waals surface area (Å²) >= 11 is 0. The molecule has 7 nitrogen and oxygen atoms in total. The number of benzene rings is 1. The number of aromatic nitrogens is 4. The van der Waals surface area contributed by atoms with Crippen molar-refractivity contribution in [1.82, 2.24) is 19.7 Å². The molecule has 2 heterocycles. The molecule has 0 spiro atoms. The fourth-order valence-corrected chi connectivity index (χ4v) is 1.95. The second-order valence-electron chi connectivity index (χ2n) is 4.40. The van der Waals surface area contributed by atoms with Crippen LogP contribution in [0.2, 0.25) is 0 Å². The number of nitrogens with zero attached hydrogens (tertiary/aromatic N) is 4. The molecule has 0 aliphatic heterocycles. The molecule has 0 unspecified atom stereocenters. The highest BCUT2D eigenvalue weighted by Crippen LogP contribution is 2.23. The first-order valence-corrected chi connectivity index (χ1v) is 6.54. The molecule has 1 N–H and O–H groups in total. The Kier molecular flexibility index (Phi) is 3.78. The van der Waals surface area contributed by atoms with E-state index in [0.29, 0.717) is 17.3 Å². The molecule has 0 saturated carbocycles. The van der Waals surface area contributed by atoms with Crippen LogP contribution in [0.4, 0.5) is 5.69 Å². The molecule has 0 bridgehead atoms. The second-order valence-corrected chi connectivity index (χ2v) is 4.40. The number of carbonyl (C=O) groups is 1. The monoisotopic (exact) mass is 295 g/mol. The van der Waals surface area contributed by atoms with Crippen molar-refractivity contribution in [2.45, 2.75) is 0 Å². The zero-order chi connectivity index (χ0) is 15.4. The van der Waals surface area contributed by atoms with Crippen LogP contribution in [0.3, 0.4) is 0 Å². The predicted molar refractivity (Wildman–Crippen MR) is 80.1 cm³/mol. The molecule has 3 aromatic rings. The van der Waals surface area contributed by atoms with Crippen LogP contribution in [-0.4, -0.2) is 32.8 Å². The molecule has 0 aliphatic carbocycles. The first kappa shape index (κ1) is 13.7. The first-order chi connectivity index (χ1) is 10.8. The predicted octanol–water partition coefficient (Wildman–Crippen LogP) is 1.92. The minimum atomic E-state index is -0.320. The molecule has 2 aromatic heterocycles. The van der Waals surface area contributed by atoms with Crippen LogP contribution < -0.4 is 10.1 Å². The van der Waals surface area contributed by atoms with E-state index in [2.05, 4.69) is 20.5 Å². The minimum Gasteiger partial charge on any atom is -0.495 e. The molecule has 0 atom stereocenters. The maximum Gasteiger partial charge on any atom is 0.274 e. The van der Waals surface area contributed by atoms with Gasteiger partial charge in [-0.25, -0.2) is 4.98 Å². The third-order valence-corrected chi connectivity index (χ3v) is 3.01. The van der Waals surface area contributed by atoms with Gasteiger partial charge < -0.3 is 10.1 Å². The largest absolute Gasteiger partial charge is 0.495 e. The lowest BCUT2D eigenvalue weighted by molar-refractivity contribution is 0.102. The van der Waals surface area contributed by atoms with Gasteiger partial charge in [0.15, 0.2) is 0 Å². The van der Waals surface area contributed by atoms with Crippen molar-refractivity contribution in [3.63, 3.8) is 0 Å².